The molecule has 0 aromatic carbocycles. The Morgan fingerprint density at radius 3 is 2.85 bits per heavy atom. The summed E-state index contributed by atoms with van der Waals surface area (Å²) < 4.78 is 1.50. The highest BCUT2D eigenvalue weighted by molar-refractivity contribution is 5.95. The van der Waals surface area contributed by atoms with E-state index >= 15 is 0 Å². The number of carbonyl (C=O) groups is 2. The Morgan fingerprint density at radius 2 is 2.15 bits per heavy atom. The molecule has 3 heterocycles. The SMILES string of the molecule is Cc1c(C(=O)N2CCCCC2CCC(=O)O)cnn1-c1ccc(=O)[nH]n1. The average Bonchev–Trinajstić information content (AvgIpc) is 3.02. The normalized spacial score (nSPS) is 17.3. The molecule has 3 rings (SSSR count). The largest absolute Gasteiger partial charge is 0.481 e. The molecule has 1 fully saturated rings. The molecule has 1 atom stereocenters. The third-order valence-electron chi connectivity index (χ3n) is 4.70. The molecule has 0 bridgehead atoms. The first-order valence-corrected chi connectivity index (χ1v) is 8.61. The number of aliphatic carboxylic acids is 1. The molecule has 138 valence electrons. The lowest BCUT2D eigenvalue weighted by molar-refractivity contribution is -0.137. The number of nitrogens with one attached hydrogen (secondary N) is 1. The maximum absolute atomic E-state index is 13.0. The lowest BCUT2D eigenvalue weighted by Crippen LogP contribution is -2.44. The Labute approximate surface area is 149 Å². The van der Waals surface area contributed by atoms with Crippen molar-refractivity contribution in [3.8, 4) is 5.82 Å². The number of carbonyl (C=O) groups excluding carboxylic acids is 1. The van der Waals surface area contributed by atoms with Gasteiger partial charge in [0.15, 0.2) is 5.82 Å². The third-order valence-corrected chi connectivity index (χ3v) is 4.70. The van der Waals surface area contributed by atoms with Crippen LogP contribution in [0.5, 0.6) is 0 Å². The van der Waals surface area contributed by atoms with Gasteiger partial charge in [-0.15, -0.1) is 0 Å². The molecule has 0 spiro atoms. The Balaban J connectivity index is 1.83. The van der Waals surface area contributed by atoms with Gasteiger partial charge in [-0.1, -0.05) is 0 Å². The number of carboxylic acids is 1. The maximum atomic E-state index is 13.0. The minimum absolute atomic E-state index is 0.0496. The summed E-state index contributed by atoms with van der Waals surface area (Å²) in [5.74, 6) is -0.577. The molecule has 1 saturated heterocycles. The van der Waals surface area contributed by atoms with Crippen molar-refractivity contribution in [2.45, 2.75) is 45.1 Å². The van der Waals surface area contributed by atoms with Gasteiger partial charge >= 0.3 is 5.97 Å². The number of likely N-dealkylation sites (tertiary alicyclic amines) is 1. The predicted molar refractivity (Wildman–Crippen MR) is 92.3 cm³/mol. The molecule has 0 radical (unpaired) electrons. The van der Waals surface area contributed by atoms with Crippen LogP contribution < -0.4 is 5.56 Å². The van der Waals surface area contributed by atoms with Crippen LogP contribution in [0.15, 0.2) is 23.1 Å². The van der Waals surface area contributed by atoms with Crippen molar-refractivity contribution in [2.24, 2.45) is 0 Å². The van der Waals surface area contributed by atoms with Gasteiger partial charge in [-0.25, -0.2) is 9.78 Å². The summed E-state index contributed by atoms with van der Waals surface area (Å²) in [5, 5.41) is 19.4. The first-order valence-electron chi connectivity index (χ1n) is 8.61. The third kappa shape index (κ3) is 3.66. The fourth-order valence-electron chi connectivity index (χ4n) is 3.32. The quantitative estimate of drug-likeness (QED) is 0.825. The van der Waals surface area contributed by atoms with Gasteiger partial charge in [-0.05, 0) is 38.7 Å². The second-order valence-corrected chi connectivity index (χ2v) is 6.42. The Kier molecular flexibility index (Phi) is 5.15. The average molecular weight is 359 g/mol. The Morgan fingerprint density at radius 1 is 1.35 bits per heavy atom. The highest BCUT2D eigenvalue weighted by Crippen LogP contribution is 2.24. The van der Waals surface area contributed by atoms with Gasteiger partial charge in [-0.3, -0.25) is 14.4 Å². The topological polar surface area (TPSA) is 121 Å². The summed E-state index contributed by atoms with van der Waals surface area (Å²) in [5.41, 5.74) is 0.766. The predicted octanol–water partition coefficient (Wildman–Crippen LogP) is 1.12. The van der Waals surface area contributed by atoms with Crippen molar-refractivity contribution < 1.29 is 14.7 Å². The lowest BCUT2D eigenvalue weighted by Gasteiger charge is -2.35. The standard InChI is InChI=1S/C17H21N5O4/c1-11-13(10-18-22(11)14-6-7-15(23)20-19-14)17(26)21-9-3-2-4-12(21)5-8-16(24)25/h6-7,10,12H,2-5,8-9H2,1H3,(H,20,23)(H,24,25). The number of hydrogen-bond donors (Lipinski definition) is 2. The van der Waals surface area contributed by atoms with Crippen molar-refractivity contribution in [3.05, 3.63) is 39.9 Å². The number of amides is 1. The Bertz CT molecular complexity index is 852. The second-order valence-electron chi connectivity index (χ2n) is 6.42. The molecular weight excluding hydrogens is 338 g/mol. The van der Waals surface area contributed by atoms with Gasteiger partial charge in [0.25, 0.3) is 11.5 Å². The van der Waals surface area contributed by atoms with Crippen molar-refractivity contribution >= 4 is 11.9 Å². The number of H-pyrrole nitrogens is 1. The van der Waals surface area contributed by atoms with Crippen LogP contribution in [0.25, 0.3) is 5.82 Å². The first-order chi connectivity index (χ1) is 12.5. The molecule has 0 saturated carbocycles. The molecule has 9 nitrogen and oxygen atoms in total. The van der Waals surface area contributed by atoms with Crippen LogP contribution in [0.3, 0.4) is 0 Å². The van der Waals surface area contributed by atoms with Gasteiger partial charge in [0, 0.05) is 25.1 Å². The number of carboxylic acid groups (broad SMARTS) is 1. The number of rotatable bonds is 5. The van der Waals surface area contributed by atoms with Crippen molar-refractivity contribution in [1.29, 1.82) is 0 Å². The molecule has 2 N–H and O–H groups in total. The van der Waals surface area contributed by atoms with E-state index in [-0.39, 0.29) is 23.9 Å². The van der Waals surface area contributed by atoms with Crippen LogP contribution in [0.2, 0.25) is 0 Å². The van der Waals surface area contributed by atoms with Crippen molar-refractivity contribution in [1.82, 2.24) is 24.9 Å². The van der Waals surface area contributed by atoms with E-state index in [1.165, 1.54) is 23.0 Å². The first kappa shape index (κ1) is 17.8. The smallest absolute Gasteiger partial charge is 0.303 e. The highest BCUT2D eigenvalue weighted by Gasteiger charge is 2.30. The molecule has 1 aliphatic heterocycles. The van der Waals surface area contributed by atoms with E-state index in [0.717, 1.165) is 19.3 Å². The van der Waals surface area contributed by atoms with Crippen LogP contribution in [-0.4, -0.2) is 54.4 Å². The number of aromatic nitrogens is 4. The molecule has 2 aromatic rings. The van der Waals surface area contributed by atoms with Gasteiger partial charge in [0.1, 0.15) is 0 Å². The summed E-state index contributed by atoms with van der Waals surface area (Å²) in [6.45, 7) is 2.38. The lowest BCUT2D eigenvalue weighted by atomic mass is 9.97. The molecule has 1 amide bonds. The van der Waals surface area contributed by atoms with E-state index in [0.29, 0.717) is 30.0 Å². The number of piperidine rings is 1. The van der Waals surface area contributed by atoms with E-state index in [1.54, 1.807) is 11.8 Å². The summed E-state index contributed by atoms with van der Waals surface area (Å²) in [6.07, 6.45) is 4.71. The molecule has 26 heavy (non-hydrogen) atoms. The second kappa shape index (κ2) is 7.51. The molecular formula is C17H21N5O4. The van der Waals surface area contributed by atoms with E-state index in [9.17, 15) is 14.4 Å². The minimum atomic E-state index is -0.851. The van der Waals surface area contributed by atoms with E-state index in [4.69, 9.17) is 5.11 Å². The molecule has 1 aliphatic rings. The van der Waals surface area contributed by atoms with Gasteiger partial charge < -0.3 is 10.0 Å². The van der Waals surface area contributed by atoms with Crippen LogP contribution in [0, 0.1) is 6.92 Å². The monoisotopic (exact) mass is 359 g/mol. The van der Waals surface area contributed by atoms with Crippen molar-refractivity contribution in [2.75, 3.05) is 6.54 Å². The minimum Gasteiger partial charge on any atom is -0.481 e. The van der Waals surface area contributed by atoms with Gasteiger partial charge in [-0.2, -0.15) is 10.2 Å². The van der Waals surface area contributed by atoms with E-state index in [1.807, 2.05) is 0 Å². The summed E-state index contributed by atoms with van der Waals surface area (Å²) in [4.78, 5) is 36.8. The summed E-state index contributed by atoms with van der Waals surface area (Å²) in [6, 6.07) is 2.81. The fraction of sp³-hybridized carbons (Fsp3) is 0.471. The maximum Gasteiger partial charge on any atom is 0.303 e. The zero-order valence-electron chi connectivity index (χ0n) is 14.5. The summed E-state index contributed by atoms with van der Waals surface area (Å²) >= 11 is 0. The van der Waals surface area contributed by atoms with Crippen LogP contribution >= 0.6 is 0 Å². The van der Waals surface area contributed by atoms with Gasteiger partial charge in [0.05, 0.1) is 17.5 Å². The highest BCUT2D eigenvalue weighted by atomic mass is 16.4. The Hall–Kier alpha value is -2.97. The van der Waals surface area contributed by atoms with Crippen LogP contribution in [-0.2, 0) is 4.79 Å². The molecule has 0 aliphatic carbocycles. The zero-order chi connectivity index (χ0) is 18.7. The van der Waals surface area contributed by atoms with Crippen LogP contribution in [0.4, 0.5) is 0 Å². The fourth-order valence-corrected chi connectivity index (χ4v) is 3.32. The van der Waals surface area contributed by atoms with E-state index < -0.39 is 5.97 Å². The van der Waals surface area contributed by atoms with Gasteiger partial charge in [0.2, 0.25) is 0 Å². The van der Waals surface area contributed by atoms with Crippen molar-refractivity contribution in [3.63, 3.8) is 0 Å². The molecule has 2 aromatic heterocycles. The van der Waals surface area contributed by atoms with E-state index in [2.05, 4.69) is 15.3 Å². The number of hydrogen-bond acceptors (Lipinski definition) is 5. The zero-order valence-corrected chi connectivity index (χ0v) is 14.5. The molecule has 1 unspecified atom stereocenters. The molecule has 9 heteroatoms. The summed E-state index contributed by atoms with van der Waals surface area (Å²) in [7, 11) is 0. The number of nitrogens with zero attached hydrogens (tertiary/aromatic N) is 4. The number of aromatic amines is 1. The van der Waals surface area contributed by atoms with Crippen LogP contribution in [0.1, 0.15) is 48.2 Å².